The fourth-order valence-corrected chi connectivity index (χ4v) is 0.806. The SMILES string of the molecule is C=C(C)C(=O)O.C=C(C)C(=O)O.C=C(C)C(=O)O.O=C1CCCCCO1. The van der Waals surface area contributed by atoms with Gasteiger partial charge < -0.3 is 20.1 Å². The van der Waals surface area contributed by atoms with Crippen LogP contribution in [-0.4, -0.2) is 45.8 Å². The maximum absolute atomic E-state index is 10.5. The maximum atomic E-state index is 10.5. The van der Waals surface area contributed by atoms with Crippen molar-refractivity contribution < 1.29 is 39.2 Å². The predicted molar refractivity (Wildman–Crippen MR) is 96.8 cm³/mol. The van der Waals surface area contributed by atoms with Gasteiger partial charge in [-0.1, -0.05) is 19.7 Å². The highest BCUT2D eigenvalue weighted by molar-refractivity contribution is 5.85. The first-order valence-electron chi connectivity index (χ1n) is 7.64. The lowest BCUT2D eigenvalue weighted by atomic mass is 10.2. The summed E-state index contributed by atoms with van der Waals surface area (Å²) in [4.78, 5) is 39.3. The molecule has 1 fully saturated rings. The van der Waals surface area contributed by atoms with Crippen LogP contribution in [0.4, 0.5) is 0 Å². The molecule has 1 rings (SSSR count). The Hall–Kier alpha value is -2.90. The van der Waals surface area contributed by atoms with Gasteiger partial charge in [0.25, 0.3) is 0 Å². The molecule has 0 spiro atoms. The molecule has 0 saturated carbocycles. The van der Waals surface area contributed by atoms with Crippen molar-refractivity contribution >= 4 is 23.9 Å². The summed E-state index contributed by atoms with van der Waals surface area (Å²) in [5.74, 6) is -2.83. The van der Waals surface area contributed by atoms with Crippen LogP contribution in [0.3, 0.4) is 0 Å². The number of carboxylic acids is 3. The van der Waals surface area contributed by atoms with Crippen molar-refractivity contribution in [3.8, 4) is 0 Å². The van der Waals surface area contributed by atoms with Crippen molar-refractivity contribution in [3.63, 3.8) is 0 Å². The Labute approximate surface area is 153 Å². The van der Waals surface area contributed by atoms with Gasteiger partial charge in [0.15, 0.2) is 0 Å². The highest BCUT2D eigenvalue weighted by atomic mass is 16.5. The smallest absolute Gasteiger partial charge is 0.330 e. The second-order valence-electron chi connectivity index (χ2n) is 5.29. The van der Waals surface area contributed by atoms with Gasteiger partial charge in [-0.2, -0.15) is 0 Å². The Morgan fingerprint density at radius 1 is 0.769 bits per heavy atom. The number of hydrogen-bond acceptors (Lipinski definition) is 5. The molecule has 148 valence electrons. The fourth-order valence-electron chi connectivity index (χ4n) is 0.806. The Bertz CT molecular complexity index is 428. The molecule has 3 N–H and O–H groups in total. The van der Waals surface area contributed by atoms with Crippen LogP contribution in [0.5, 0.6) is 0 Å². The number of cyclic esters (lactones) is 1. The first-order valence-corrected chi connectivity index (χ1v) is 7.64. The van der Waals surface area contributed by atoms with E-state index in [1.807, 2.05) is 0 Å². The number of ether oxygens (including phenoxy) is 1. The first-order chi connectivity index (χ1) is 11.8. The van der Waals surface area contributed by atoms with Crippen molar-refractivity contribution in [2.75, 3.05) is 6.61 Å². The van der Waals surface area contributed by atoms with Crippen LogP contribution < -0.4 is 0 Å². The minimum atomic E-state index is -0.935. The second kappa shape index (κ2) is 16.9. The van der Waals surface area contributed by atoms with E-state index in [0.717, 1.165) is 19.3 Å². The molecular weight excluding hydrogens is 344 g/mol. The molecule has 1 aliphatic heterocycles. The summed E-state index contributed by atoms with van der Waals surface area (Å²) < 4.78 is 4.76. The zero-order chi connectivity index (χ0) is 21.3. The van der Waals surface area contributed by atoms with Crippen molar-refractivity contribution in [3.05, 3.63) is 36.5 Å². The van der Waals surface area contributed by atoms with Crippen LogP contribution >= 0.6 is 0 Å². The maximum Gasteiger partial charge on any atom is 0.330 e. The van der Waals surface area contributed by atoms with E-state index < -0.39 is 17.9 Å². The van der Waals surface area contributed by atoms with Gasteiger partial charge in [-0.15, -0.1) is 0 Å². The molecule has 0 aromatic heterocycles. The zero-order valence-electron chi connectivity index (χ0n) is 15.5. The molecule has 0 aliphatic carbocycles. The average Bonchev–Trinajstić information content (AvgIpc) is 2.76. The quantitative estimate of drug-likeness (QED) is 0.507. The average molecular weight is 372 g/mol. The molecular formula is C18H28O8. The summed E-state index contributed by atoms with van der Waals surface area (Å²) in [6.07, 6.45) is 3.83. The van der Waals surface area contributed by atoms with E-state index in [0.29, 0.717) is 13.0 Å². The summed E-state index contributed by atoms with van der Waals surface area (Å²) in [5.41, 5.74) is 0.528. The molecule has 0 bridgehead atoms. The third kappa shape index (κ3) is 26.0. The summed E-state index contributed by atoms with van der Waals surface area (Å²) in [7, 11) is 0. The number of carbonyl (C=O) groups is 4. The molecule has 8 nitrogen and oxygen atoms in total. The Morgan fingerprint density at radius 3 is 1.35 bits per heavy atom. The monoisotopic (exact) mass is 372 g/mol. The van der Waals surface area contributed by atoms with Gasteiger partial charge in [0.2, 0.25) is 0 Å². The van der Waals surface area contributed by atoms with Crippen molar-refractivity contribution in [2.45, 2.75) is 46.5 Å². The summed E-state index contributed by atoms with van der Waals surface area (Å²) in [6, 6.07) is 0. The highest BCUT2D eigenvalue weighted by Crippen LogP contribution is 2.06. The molecule has 0 aromatic carbocycles. The van der Waals surface area contributed by atoms with Crippen molar-refractivity contribution in [2.24, 2.45) is 0 Å². The molecule has 1 saturated heterocycles. The van der Waals surface area contributed by atoms with Crippen LogP contribution in [-0.2, 0) is 23.9 Å². The Morgan fingerprint density at radius 2 is 1.08 bits per heavy atom. The number of esters is 1. The van der Waals surface area contributed by atoms with E-state index in [9.17, 15) is 19.2 Å². The summed E-state index contributed by atoms with van der Waals surface area (Å²) >= 11 is 0. The number of rotatable bonds is 3. The van der Waals surface area contributed by atoms with Gasteiger partial charge in [0.1, 0.15) is 0 Å². The van der Waals surface area contributed by atoms with E-state index in [4.69, 9.17) is 20.1 Å². The molecule has 0 amide bonds. The molecule has 26 heavy (non-hydrogen) atoms. The molecule has 1 heterocycles. The molecule has 8 heteroatoms. The lowest BCUT2D eigenvalue weighted by Gasteiger charge is -1.93. The van der Waals surface area contributed by atoms with Crippen LogP contribution in [0.1, 0.15) is 46.5 Å². The van der Waals surface area contributed by atoms with Crippen LogP contribution in [0.15, 0.2) is 36.5 Å². The minimum absolute atomic E-state index is 0.0255. The van der Waals surface area contributed by atoms with Crippen LogP contribution in [0.2, 0.25) is 0 Å². The predicted octanol–water partition coefficient (Wildman–Crippen LogP) is 3.04. The van der Waals surface area contributed by atoms with Crippen LogP contribution in [0, 0.1) is 0 Å². The topological polar surface area (TPSA) is 138 Å². The molecule has 0 aromatic rings. The Kier molecular flexibility index (Phi) is 18.2. The van der Waals surface area contributed by atoms with E-state index in [1.165, 1.54) is 20.8 Å². The molecule has 1 aliphatic rings. The van der Waals surface area contributed by atoms with Crippen LogP contribution in [0.25, 0.3) is 0 Å². The van der Waals surface area contributed by atoms with Gasteiger partial charge >= 0.3 is 23.9 Å². The summed E-state index contributed by atoms with van der Waals surface area (Å²) in [6.45, 7) is 14.4. The van der Waals surface area contributed by atoms with E-state index >= 15 is 0 Å². The fraction of sp³-hybridized carbons (Fsp3) is 0.444. The number of hydrogen-bond donors (Lipinski definition) is 3. The van der Waals surface area contributed by atoms with Crippen molar-refractivity contribution in [1.82, 2.24) is 0 Å². The van der Waals surface area contributed by atoms with Gasteiger partial charge in [-0.3, -0.25) is 4.79 Å². The van der Waals surface area contributed by atoms with Crippen molar-refractivity contribution in [1.29, 1.82) is 0 Å². The number of carbonyl (C=O) groups excluding carboxylic acids is 1. The third-order valence-corrected chi connectivity index (χ3v) is 2.38. The lowest BCUT2D eigenvalue weighted by Crippen LogP contribution is -2.00. The van der Waals surface area contributed by atoms with E-state index in [2.05, 4.69) is 19.7 Å². The molecule has 0 unspecified atom stereocenters. The van der Waals surface area contributed by atoms with E-state index in [1.54, 1.807) is 0 Å². The minimum Gasteiger partial charge on any atom is -0.478 e. The van der Waals surface area contributed by atoms with Gasteiger partial charge in [0, 0.05) is 23.1 Å². The lowest BCUT2D eigenvalue weighted by molar-refractivity contribution is -0.142. The van der Waals surface area contributed by atoms with E-state index in [-0.39, 0.29) is 22.7 Å². The number of carboxylic acid groups (broad SMARTS) is 3. The second-order valence-corrected chi connectivity index (χ2v) is 5.29. The molecule has 0 atom stereocenters. The number of aliphatic carboxylic acids is 3. The van der Waals surface area contributed by atoms with Gasteiger partial charge in [0.05, 0.1) is 6.61 Å². The summed E-state index contributed by atoms with van der Waals surface area (Å²) in [5, 5.41) is 23.7. The van der Waals surface area contributed by atoms with Gasteiger partial charge in [-0.25, -0.2) is 14.4 Å². The normalized spacial score (nSPS) is 11.9. The molecule has 0 radical (unpaired) electrons. The highest BCUT2D eigenvalue weighted by Gasteiger charge is 2.05. The standard InChI is InChI=1S/C6H10O2.3C4H6O2/c7-6-4-2-1-3-5-8-6;3*1-3(2)4(5)6/h1-5H2;3*1H2,2H3,(H,5,6). The largest absolute Gasteiger partial charge is 0.478 e. The third-order valence-electron chi connectivity index (χ3n) is 2.38. The first kappa shape index (κ1) is 27.9. The zero-order valence-corrected chi connectivity index (χ0v) is 15.5. The Balaban J connectivity index is -0.000000275. The van der Waals surface area contributed by atoms with Gasteiger partial charge in [-0.05, 0) is 40.0 Å².